The Labute approximate surface area is 147 Å². The number of piperidine rings is 1. The molecule has 6 nitrogen and oxygen atoms in total. The molecule has 134 valence electrons. The molecule has 6 heteroatoms. The van der Waals surface area contributed by atoms with E-state index >= 15 is 0 Å². The number of hydrogen-bond acceptors (Lipinski definition) is 5. The highest BCUT2D eigenvalue weighted by Gasteiger charge is 2.33. The monoisotopic (exact) mass is 342 g/mol. The quantitative estimate of drug-likeness (QED) is 0.871. The van der Waals surface area contributed by atoms with Crippen molar-refractivity contribution in [2.24, 2.45) is 0 Å². The predicted molar refractivity (Wildman–Crippen MR) is 95.5 cm³/mol. The molecular formula is C19H26N4O2. The van der Waals surface area contributed by atoms with E-state index in [1.54, 1.807) is 12.3 Å². The molecule has 2 aliphatic rings. The van der Waals surface area contributed by atoms with Crippen LogP contribution >= 0.6 is 0 Å². The van der Waals surface area contributed by atoms with Crippen LogP contribution in [0.25, 0.3) is 0 Å². The van der Waals surface area contributed by atoms with Crippen molar-refractivity contribution in [3.63, 3.8) is 0 Å². The largest absolute Gasteiger partial charge is 0.468 e. The second-order valence-corrected chi connectivity index (χ2v) is 7.42. The van der Waals surface area contributed by atoms with E-state index in [9.17, 15) is 4.79 Å². The van der Waals surface area contributed by atoms with Crippen LogP contribution in [0.1, 0.15) is 48.9 Å². The first-order chi connectivity index (χ1) is 12.2. The first-order valence-corrected chi connectivity index (χ1v) is 9.24. The van der Waals surface area contributed by atoms with Crippen molar-refractivity contribution in [2.75, 3.05) is 13.1 Å². The van der Waals surface area contributed by atoms with Gasteiger partial charge in [-0.2, -0.15) is 0 Å². The second kappa shape index (κ2) is 7.14. The molecule has 2 aromatic rings. The summed E-state index contributed by atoms with van der Waals surface area (Å²) < 4.78 is 5.44. The van der Waals surface area contributed by atoms with Gasteiger partial charge in [-0.15, -0.1) is 0 Å². The molecule has 1 saturated carbocycles. The number of aromatic amines is 1. The Balaban J connectivity index is 1.21. The smallest absolute Gasteiger partial charge is 0.251 e. The number of hydrogen-bond donors (Lipinski definition) is 2. The maximum atomic E-state index is 11.6. The Morgan fingerprint density at radius 3 is 2.80 bits per heavy atom. The zero-order valence-electron chi connectivity index (χ0n) is 14.7. The van der Waals surface area contributed by atoms with Gasteiger partial charge in [-0.3, -0.25) is 9.69 Å². The van der Waals surface area contributed by atoms with Crippen molar-refractivity contribution in [3.05, 3.63) is 52.1 Å². The summed E-state index contributed by atoms with van der Waals surface area (Å²) in [6.45, 7) is 4.99. The SMILES string of the molecule is Cc1nc(C2CC(NC3CCN(Cc4ccco4)CC3)C2)cc(=O)[nH]1. The van der Waals surface area contributed by atoms with Crippen molar-refractivity contribution in [1.29, 1.82) is 0 Å². The summed E-state index contributed by atoms with van der Waals surface area (Å²) in [4.78, 5) is 21.2. The number of likely N-dealkylation sites (tertiary alicyclic amines) is 1. The molecule has 0 atom stereocenters. The lowest BCUT2D eigenvalue weighted by Gasteiger charge is -2.40. The molecule has 0 amide bonds. The van der Waals surface area contributed by atoms with Gasteiger partial charge in [-0.05, 0) is 44.7 Å². The first kappa shape index (κ1) is 16.5. The Hall–Kier alpha value is -1.92. The third-order valence-corrected chi connectivity index (χ3v) is 5.45. The maximum absolute atomic E-state index is 11.6. The van der Waals surface area contributed by atoms with Gasteiger partial charge in [0.2, 0.25) is 0 Å². The van der Waals surface area contributed by atoms with E-state index in [2.05, 4.69) is 20.2 Å². The number of furan rings is 1. The summed E-state index contributed by atoms with van der Waals surface area (Å²) in [5.41, 5.74) is 0.912. The number of aromatic nitrogens is 2. The van der Waals surface area contributed by atoms with E-state index in [0.29, 0.717) is 23.8 Å². The minimum Gasteiger partial charge on any atom is -0.468 e. The number of aryl methyl sites for hydroxylation is 1. The fourth-order valence-corrected chi connectivity index (χ4v) is 4.02. The molecule has 0 bridgehead atoms. The molecule has 2 N–H and O–H groups in total. The molecule has 0 spiro atoms. The van der Waals surface area contributed by atoms with Crippen molar-refractivity contribution < 1.29 is 4.42 Å². The zero-order chi connectivity index (χ0) is 17.2. The molecule has 1 aliphatic heterocycles. The highest BCUT2D eigenvalue weighted by molar-refractivity contribution is 5.14. The molecule has 1 aliphatic carbocycles. The van der Waals surface area contributed by atoms with Crippen molar-refractivity contribution in [1.82, 2.24) is 20.2 Å². The van der Waals surface area contributed by atoms with Gasteiger partial charge in [0, 0.05) is 37.2 Å². The van der Waals surface area contributed by atoms with Gasteiger partial charge in [-0.1, -0.05) is 0 Å². The van der Waals surface area contributed by atoms with Gasteiger partial charge in [0.05, 0.1) is 18.5 Å². The van der Waals surface area contributed by atoms with E-state index in [1.165, 1.54) is 12.8 Å². The van der Waals surface area contributed by atoms with E-state index in [0.717, 1.165) is 43.9 Å². The zero-order valence-corrected chi connectivity index (χ0v) is 14.7. The number of rotatable bonds is 5. The Bertz CT molecular complexity index is 741. The van der Waals surface area contributed by atoms with Crippen LogP contribution in [-0.2, 0) is 6.54 Å². The van der Waals surface area contributed by atoms with Crippen LogP contribution in [-0.4, -0.2) is 40.0 Å². The fraction of sp³-hybridized carbons (Fsp3) is 0.579. The van der Waals surface area contributed by atoms with Crippen molar-refractivity contribution in [2.45, 2.75) is 57.2 Å². The molecule has 1 saturated heterocycles. The molecular weight excluding hydrogens is 316 g/mol. The molecule has 0 radical (unpaired) electrons. The average molecular weight is 342 g/mol. The van der Waals surface area contributed by atoms with Gasteiger partial charge >= 0.3 is 0 Å². The summed E-state index contributed by atoms with van der Waals surface area (Å²) in [6.07, 6.45) is 6.28. The van der Waals surface area contributed by atoms with Crippen LogP contribution in [0.15, 0.2) is 33.7 Å². The Morgan fingerprint density at radius 2 is 2.12 bits per heavy atom. The van der Waals surface area contributed by atoms with Gasteiger partial charge < -0.3 is 14.7 Å². The van der Waals surface area contributed by atoms with Crippen LogP contribution in [0.2, 0.25) is 0 Å². The predicted octanol–water partition coefficient (Wildman–Crippen LogP) is 2.17. The molecule has 4 rings (SSSR count). The minimum absolute atomic E-state index is 0.0390. The summed E-state index contributed by atoms with van der Waals surface area (Å²) in [7, 11) is 0. The maximum Gasteiger partial charge on any atom is 0.251 e. The number of H-pyrrole nitrogens is 1. The molecule has 0 unspecified atom stereocenters. The normalized spacial score (nSPS) is 25.0. The third-order valence-electron chi connectivity index (χ3n) is 5.45. The standard InChI is InChI=1S/C19H26N4O2/c1-13-20-18(11-19(24)21-13)14-9-16(10-14)22-15-4-6-23(7-5-15)12-17-3-2-8-25-17/h2-3,8,11,14-16,22H,4-7,9-10,12H2,1H3,(H,20,21,24). The van der Waals surface area contributed by atoms with Crippen LogP contribution in [0.5, 0.6) is 0 Å². The summed E-state index contributed by atoms with van der Waals surface area (Å²) in [5.74, 6) is 2.19. The number of nitrogens with zero attached hydrogens (tertiary/aromatic N) is 2. The van der Waals surface area contributed by atoms with Gasteiger partial charge in [-0.25, -0.2) is 4.98 Å². The van der Waals surface area contributed by atoms with Gasteiger partial charge in [0.15, 0.2) is 0 Å². The summed E-state index contributed by atoms with van der Waals surface area (Å²) in [6, 6.07) is 6.82. The highest BCUT2D eigenvalue weighted by Crippen LogP contribution is 2.36. The molecule has 0 aromatic carbocycles. The molecule has 2 fully saturated rings. The third kappa shape index (κ3) is 4.02. The lowest BCUT2D eigenvalue weighted by molar-refractivity contribution is 0.157. The van der Waals surface area contributed by atoms with Crippen LogP contribution in [0, 0.1) is 6.92 Å². The average Bonchev–Trinajstić information content (AvgIpc) is 3.04. The minimum atomic E-state index is -0.0390. The molecule has 2 aromatic heterocycles. The molecule has 3 heterocycles. The second-order valence-electron chi connectivity index (χ2n) is 7.42. The first-order valence-electron chi connectivity index (χ1n) is 9.24. The van der Waals surface area contributed by atoms with E-state index in [4.69, 9.17) is 4.42 Å². The number of nitrogens with one attached hydrogen (secondary N) is 2. The van der Waals surface area contributed by atoms with Crippen molar-refractivity contribution >= 4 is 0 Å². The van der Waals surface area contributed by atoms with Crippen LogP contribution in [0.4, 0.5) is 0 Å². The van der Waals surface area contributed by atoms with E-state index < -0.39 is 0 Å². The van der Waals surface area contributed by atoms with Crippen molar-refractivity contribution in [3.8, 4) is 0 Å². The van der Waals surface area contributed by atoms with Crippen LogP contribution < -0.4 is 10.9 Å². The summed E-state index contributed by atoms with van der Waals surface area (Å²) in [5, 5.41) is 3.80. The highest BCUT2D eigenvalue weighted by atomic mass is 16.3. The molecule has 25 heavy (non-hydrogen) atoms. The summed E-state index contributed by atoms with van der Waals surface area (Å²) >= 11 is 0. The fourth-order valence-electron chi connectivity index (χ4n) is 4.02. The Morgan fingerprint density at radius 1 is 1.32 bits per heavy atom. The topological polar surface area (TPSA) is 74.2 Å². The Kier molecular flexibility index (Phi) is 4.72. The van der Waals surface area contributed by atoms with Crippen LogP contribution in [0.3, 0.4) is 0 Å². The van der Waals surface area contributed by atoms with E-state index in [-0.39, 0.29) is 5.56 Å². The lowest BCUT2D eigenvalue weighted by atomic mass is 9.77. The van der Waals surface area contributed by atoms with Gasteiger partial charge in [0.1, 0.15) is 11.6 Å². The van der Waals surface area contributed by atoms with Gasteiger partial charge in [0.25, 0.3) is 5.56 Å². The lowest BCUT2D eigenvalue weighted by Crippen LogP contribution is -2.50. The van der Waals surface area contributed by atoms with E-state index in [1.807, 2.05) is 19.1 Å².